The van der Waals surface area contributed by atoms with Crippen LogP contribution in [-0.2, 0) is 0 Å². The number of nitrogens with zero attached hydrogens (tertiary/aromatic N) is 4. The van der Waals surface area contributed by atoms with Crippen LogP contribution in [0.2, 0.25) is 0 Å². The van der Waals surface area contributed by atoms with E-state index in [1.165, 1.54) is 11.3 Å². The van der Waals surface area contributed by atoms with E-state index in [0.29, 0.717) is 12.3 Å². The Labute approximate surface area is 156 Å². The van der Waals surface area contributed by atoms with Crippen LogP contribution in [0.4, 0.5) is 0 Å². The Morgan fingerprint density at radius 1 is 1.19 bits per heavy atom. The summed E-state index contributed by atoms with van der Waals surface area (Å²) in [5, 5.41) is 6.63. The fourth-order valence-electron chi connectivity index (χ4n) is 2.42. The smallest absolute Gasteiger partial charge is 0.206 e. The highest BCUT2D eigenvalue weighted by Gasteiger charge is 2.13. The molecule has 134 valence electrons. The van der Waals surface area contributed by atoms with Crippen molar-refractivity contribution in [3.05, 3.63) is 58.5 Å². The third-order valence-corrected chi connectivity index (χ3v) is 4.51. The SMILES string of the molecule is CCN=c1scc(-c2ccc(OC)cc2OC)n1/N=C\c1ccccn1. The van der Waals surface area contributed by atoms with Gasteiger partial charge in [0.1, 0.15) is 11.5 Å². The normalized spacial score (nSPS) is 11.9. The number of aromatic nitrogens is 2. The number of benzene rings is 1. The summed E-state index contributed by atoms with van der Waals surface area (Å²) in [5.41, 5.74) is 2.59. The molecule has 1 aromatic carbocycles. The molecule has 0 aliphatic rings. The lowest BCUT2D eigenvalue weighted by Crippen LogP contribution is -2.12. The van der Waals surface area contributed by atoms with E-state index in [1.54, 1.807) is 26.6 Å². The van der Waals surface area contributed by atoms with Gasteiger partial charge < -0.3 is 9.47 Å². The van der Waals surface area contributed by atoms with Crippen LogP contribution in [0.15, 0.2) is 58.1 Å². The number of thiazole rings is 1. The minimum absolute atomic E-state index is 0.679. The molecular weight excluding hydrogens is 348 g/mol. The molecule has 0 unspecified atom stereocenters. The molecule has 0 bridgehead atoms. The second-order valence-corrected chi connectivity index (χ2v) is 6.09. The monoisotopic (exact) mass is 368 g/mol. The van der Waals surface area contributed by atoms with Gasteiger partial charge in [0, 0.05) is 29.8 Å². The van der Waals surface area contributed by atoms with Crippen molar-refractivity contribution in [2.45, 2.75) is 6.92 Å². The van der Waals surface area contributed by atoms with E-state index in [-0.39, 0.29) is 0 Å². The average molecular weight is 368 g/mol. The summed E-state index contributed by atoms with van der Waals surface area (Å²) in [7, 11) is 3.28. The van der Waals surface area contributed by atoms with E-state index < -0.39 is 0 Å². The van der Waals surface area contributed by atoms with E-state index in [4.69, 9.17) is 9.47 Å². The van der Waals surface area contributed by atoms with Gasteiger partial charge in [0.15, 0.2) is 0 Å². The van der Waals surface area contributed by atoms with E-state index in [1.807, 2.05) is 53.4 Å². The Balaban J connectivity index is 2.12. The Hall–Kier alpha value is -2.93. The summed E-state index contributed by atoms with van der Waals surface area (Å²) in [5.74, 6) is 1.45. The van der Waals surface area contributed by atoms with Crippen molar-refractivity contribution in [3.8, 4) is 22.8 Å². The minimum Gasteiger partial charge on any atom is -0.497 e. The minimum atomic E-state index is 0.679. The standard InChI is InChI=1S/C19H20N4O2S/c1-4-20-19-23(22-12-14-7-5-6-10-21-14)17(13-26-19)16-9-8-15(24-2)11-18(16)25-3/h5-13H,4H2,1-3H3/b20-19?,22-12-. The first kappa shape index (κ1) is 17.9. The molecular formula is C19H20N4O2S. The molecule has 0 radical (unpaired) electrons. The van der Waals surface area contributed by atoms with Crippen LogP contribution < -0.4 is 14.3 Å². The number of hydrogen-bond acceptors (Lipinski definition) is 6. The van der Waals surface area contributed by atoms with E-state index in [2.05, 4.69) is 15.1 Å². The van der Waals surface area contributed by atoms with E-state index in [0.717, 1.165) is 27.5 Å². The molecule has 0 fully saturated rings. The van der Waals surface area contributed by atoms with Gasteiger partial charge in [0.25, 0.3) is 0 Å². The Kier molecular flexibility index (Phi) is 5.80. The number of rotatable bonds is 6. The molecule has 0 atom stereocenters. The van der Waals surface area contributed by atoms with Crippen LogP contribution in [0.25, 0.3) is 11.3 Å². The second-order valence-electron chi connectivity index (χ2n) is 5.26. The Morgan fingerprint density at radius 3 is 2.77 bits per heavy atom. The molecule has 7 heteroatoms. The first-order valence-electron chi connectivity index (χ1n) is 8.15. The van der Waals surface area contributed by atoms with Crippen molar-refractivity contribution in [3.63, 3.8) is 0 Å². The summed E-state index contributed by atoms with van der Waals surface area (Å²) in [4.78, 5) is 9.63. The third kappa shape index (κ3) is 3.83. The van der Waals surface area contributed by atoms with Crippen molar-refractivity contribution >= 4 is 17.6 Å². The van der Waals surface area contributed by atoms with Crippen LogP contribution in [-0.4, -0.2) is 36.6 Å². The molecule has 3 rings (SSSR count). The van der Waals surface area contributed by atoms with Crippen LogP contribution in [0.3, 0.4) is 0 Å². The predicted molar refractivity (Wildman–Crippen MR) is 104 cm³/mol. The Morgan fingerprint density at radius 2 is 2.08 bits per heavy atom. The maximum Gasteiger partial charge on any atom is 0.206 e. The lowest BCUT2D eigenvalue weighted by molar-refractivity contribution is 0.395. The van der Waals surface area contributed by atoms with Crippen LogP contribution in [0, 0.1) is 0 Å². The van der Waals surface area contributed by atoms with Gasteiger partial charge in [-0.3, -0.25) is 9.98 Å². The van der Waals surface area contributed by atoms with Gasteiger partial charge in [-0.25, -0.2) is 4.68 Å². The third-order valence-electron chi connectivity index (χ3n) is 3.66. The lowest BCUT2D eigenvalue weighted by atomic mass is 10.1. The largest absolute Gasteiger partial charge is 0.497 e. The highest BCUT2D eigenvalue weighted by atomic mass is 32.1. The van der Waals surface area contributed by atoms with Gasteiger partial charge in [0.2, 0.25) is 4.80 Å². The van der Waals surface area contributed by atoms with Crippen LogP contribution >= 0.6 is 11.3 Å². The fraction of sp³-hybridized carbons (Fsp3) is 0.211. The van der Waals surface area contributed by atoms with Crippen molar-refractivity contribution in [2.24, 2.45) is 10.1 Å². The fourth-order valence-corrected chi connectivity index (χ4v) is 3.31. The zero-order valence-electron chi connectivity index (χ0n) is 14.9. The van der Waals surface area contributed by atoms with Gasteiger partial charge in [0.05, 0.1) is 31.8 Å². The maximum absolute atomic E-state index is 5.55. The summed E-state index contributed by atoms with van der Waals surface area (Å²) in [6, 6.07) is 11.4. The highest BCUT2D eigenvalue weighted by Crippen LogP contribution is 2.33. The topological polar surface area (TPSA) is 61.0 Å². The molecule has 3 aromatic rings. The molecule has 0 spiro atoms. The highest BCUT2D eigenvalue weighted by molar-refractivity contribution is 7.07. The summed E-state index contributed by atoms with van der Waals surface area (Å²) in [6.45, 7) is 2.68. The van der Waals surface area contributed by atoms with Gasteiger partial charge >= 0.3 is 0 Å². The number of methoxy groups -OCH3 is 2. The van der Waals surface area contributed by atoms with Gasteiger partial charge in [-0.05, 0) is 31.2 Å². The maximum atomic E-state index is 5.55. The number of pyridine rings is 1. The molecule has 0 aliphatic carbocycles. The summed E-state index contributed by atoms with van der Waals surface area (Å²) >= 11 is 1.54. The summed E-state index contributed by atoms with van der Waals surface area (Å²) in [6.07, 6.45) is 3.46. The zero-order valence-corrected chi connectivity index (χ0v) is 15.7. The molecule has 0 amide bonds. The molecule has 0 saturated heterocycles. The van der Waals surface area contributed by atoms with E-state index in [9.17, 15) is 0 Å². The molecule has 0 aliphatic heterocycles. The van der Waals surface area contributed by atoms with Gasteiger partial charge in [-0.1, -0.05) is 6.07 Å². The van der Waals surface area contributed by atoms with Gasteiger partial charge in [-0.15, -0.1) is 11.3 Å². The first-order valence-corrected chi connectivity index (χ1v) is 9.03. The van der Waals surface area contributed by atoms with Crippen LogP contribution in [0.5, 0.6) is 11.5 Å². The summed E-state index contributed by atoms with van der Waals surface area (Å²) < 4.78 is 12.6. The molecule has 6 nitrogen and oxygen atoms in total. The predicted octanol–water partition coefficient (Wildman–Crippen LogP) is 3.43. The quantitative estimate of drug-likeness (QED) is 0.626. The van der Waals surface area contributed by atoms with Crippen molar-refractivity contribution in [1.82, 2.24) is 9.66 Å². The number of ether oxygens (including phenoxy) is 2. The lowest BCUT2D eigenvalue weighted by Gasteiger charge is -2.10. The van der Waals surface area contributed by atoms with Crippen molar-refractivity contribution in [1.29, 1.82) is 0 Å². The first-order chi connectivity index (χ1) is 12.8. The molecule has 2 aromatic heterocycles. The van der Waals surface area contributed by atoms with Crippen molar-refractivity contribution < 1.29 is 9.47 Å². The van der Waals surface area contributed by atoms with Gasteiger partial charge in [-0.2, -0.15) is 5.10 Å². The molecule has 0 N–H and O–H groups in total. The molecule has 26 heavy (non-hydrogen) atoms. The second kappa shape index (κ2) is 8.44. The van der Waals surface area contributed by atoms with E-state index >= 15 is 0 Å². The number of hydrogen-bond donors (Lipinski definition) is 0. The zero-order chi connectivity index (χ0) is 18.4. The Bertz CT molecular complexity index is 961. The van der Waals surface area contributed by atoms with Crippen LogP contribution in [0.1, 0.15) is 12.6 Å². The van der Waals surface area contributed by atoms with Crippen molar-refractivity contribution in [2.75, 3.05) is 20.8 Å². The molecule has 2 heterocycles. The molecule has 0 saturated carbocycles. The average Bonchev–Trinajstić information content (AvgIpc) is 3.09.